The van der Waals surface area contributed by atoms with Gasteiger partial charge in [-0.3, -0.25) is 4.40 Å². The molecule has 0 amide bonds. The maximum atomic E-state index is 14.5. The molecule has 4 heterocycles. The van der Waals surface area contributed by atoms with E-state index in [1.807, 2.05) is 10.6 Å². The molecule has 0 bridgehead atoms. The second-order valence-electron chi connectivity index (χ2n) is 6.49. The quantitative estimate of drug-likeness (QED) is 0.600. The average Bonchev–Trinajstić information content (AvgIpc) is 3.26. The maximum Gasteiger partial charge on any atom is 0.194 e. The normalized spacial score (nSPS) is 16.2. The van der Waals surface area contributed by atoms with Crippen molar-refractivity contribution in [2.24, 2.45) is 7.05 Å². The predicted octanol–water partition coefficient (Wildman–Crippen LogP) is 2.95. The van der Waals surface area contributed by atoms with Gasteiger partial charge < -0.3 is 5.32 Å². The zero-order chi connectivity index (χ0) is 17.0. The lowest BCUT2D eigenvalue weighted by atomic mass is 9.95. The summed E-state index contributed by atoms with van der Waals surface area (Å²) in [6.07, 6.45) is 6.29. The molecule has 3 aromatic heterocycles. The second kappa shape index (κ2) is 5.60. The number of nitrogens with one attached hydrogen (secondary N) is 1. The molecule has 0 aliphatic carbocycles. The Hall–Kier alpha value is -2.32. The van der Waals surface area contributed by atoms with Gasteiger partial charge in [0.1, 0.15) is 16.9 Å². The van der Waals surface area contributed by atoms with Crippen molar-refractivity contribution in [3.63, 3.8) is 0 Å². The van der Waals surface area contributed by atoms with Gasteiger partial charge >= 0.3 is 0 Å². The smallest absolute Gasteiger partial charge is 0.194 e. The van der Waals surface area contributed by atoms with Crippen LogP contribution in [0.2, 0.25) is 0 Å². The Kier molecular flexibility index (Phi) is 3.36. The third-order valence-electron chi connectivity index (χ3n) is 4.77. The van der Waals surface area contributed by atoms with Gasteiger partial charge in [-0.25, -0.2) is 9.37 Å². The number of nitrogens with zero attached hydrogens (tertiary/aromatic N) is 5. The Balaban J connectivity index is 1.54. The number of benzene rings is 1. The van der Waals surface area contributed by atoms with E-state index >= 15 is 0 Å². The first-order valence-corrected chi connectivity index (χ1v) is 9.19. The van der Waals surface area contributed by atoms with E-state index < -0.39 is 0 Å². The van der Waals surface area contributed by atoms with Gasteiger partial charge in [0.25, 0.3) is 0 Å². The molecular formula is C17H17FN6S. The first kappa shape index (κ1) is 15.0. The summed E-state index contributed by atoms with van der Waals surface area (Å²) in [5.41, 5.74) is 2.95. The number of aromatic nitrogens is 5. The van der Waals surface area contributed by atoms with Crippen LogP contribution in [0.1, 0.15) is 24.5 Å². The molecule has 5 rings (SSSR count). The standard InChI is InChI=1S/C17H17FN6S/c1-23-21-13-6-11(12(18)7-14(13)22-23)16-9-24-8-15(20-17(24)25-16)10-2-4-19-5-3-10/h6-10,19H,2-5H2,1H3. The van der Waals surface area contributed by atoms with Crippen LogP contribution in [0, 0.1) is 5.82 Å². The third-order valence-corrected chi connectivity index (χ3v) is 5.80. The van der Waals surface area contributed by atoms with E-state index in [-0.39, 0.29) is 5.82 Å². The van der Waals surface area contributed by atoms with E-state index in [1.54, 1.807) is 13.1 Å². The molecule has 0 radical (unpaired) electrons. The molecular weight excluding hydrogens is 339 g/mol. The van der Waals surface area contributed by atoms with Crippen molar-refractivity contribution in [3.05, 3.63) is 36.0 Å². The van der Waals surface area contributed by atoms with Gasteiger partial charge in [0.05, 0.1) is 10.6 Å². The van der Waals surface area contributed by atoms with Gasteiger partial charge in [-0.15, -0.1) is 0 Å². The van der Waals surface area contributed by atoms with Crippen LogP contribution in [0.5, 0.6) is 0 Å². The minimum absolute atomic E-state index is 0.281. The summed E-state index contributed by atoms with van der Waals surface area (Å²) in [5, 5.41) is 11.8. The first-order chi connectivity index (χ1) is 12.2. The predicted molar refractivity (Wildman–Crippen MR) is 95.4 cm³/mol. The van der Waals surface area contributed by atoms with Crippen LogP contribution in [-0.4, -0.2) is 37.5 Å². The highest BCUT2D eigenvalue weighted by Gasteiger charge is 2.20. The van der Waals surface area contributed by atoms with Gasteiger partial charge in [0.15, 0.2) is 4.96 Å². The fraction of sp³-hybridized carbons (Fsp3) is 0.353. The molecule has 1 aliphatic rings. The average molecular weight is 356 g/mol. The second-order valence-corrected chi connectivity index (χ2v) is 7.49. The van der Waals surface area contributed by atoms with Gasteiger partial charge in [-0.2, -0.15) is 15.0 Å². The van der Waals surface area contributed by atoms with Crippen LogP contribution in [0.3, 0.4) is 0 Å². The van der Waals surface area contributed by atoms with Crippen LogP contribution in [0.15, 0.2) is 24.5 Å². The molecule has 0 saturated carbocycles. The van der Waals surface area contributed by atoms with Gasteiger partial charge in [-0.05, 0) is 32.0 Å². The Bertz CT molecular complexity index is 1040. The number of aryl methyl sites for hydroxylation is 1. The minimum atomic E-state index is -0.281. The Morgan fingerprint density at radius 3 is 2.68 bits per heavy atom. The molecule has 128 valence electrons. The summed E-state index contributed by atoms with van der Waals surface area (Å²) in [5.74, 6) is 0.237. The number of piperidine rings is 1. The molecule has 0 unspecified atom stereocenters. The minimum Gasteiger partial charge on any atom is -0.317 e. The van der Waals surface area contributed by atoms with Crippen molar-refractivity contribution in [2.75, 3.05) is 13.1 Å². The highest BCUT2D eigenvalue weighted by Crippen LogP contribution is 2.34. The highest BCUT2D eigenvalue weighted by atomic mass is 32.1. The van der Waals surface area contributed by atoms with Crippen LogP contribution in [0.4, 0.5) is 4.39 Å². The molecule has 1 fully saturated rings. The Morgan fingerprint density at radius 2 is 1.92 bits per heavy atom. The molecule has 0 atom stereocenters. The molecule has 4 aromatic rings. The van der Waals surface area contributed by atoms with Crippen LogP contribution in [-0.2, 0) is 7.05 Å². The van der Waals surface area contributed by atoms with E-state index in [0.29, 0.717) is 22.5 Å². The summed E-state index contributed by atoms with van der Waals surface area (Å²) in [6, 6.07) is 3.21. The topological polar surface area (TPSA) is 60.0 Å². The molecule has 1 N–H and O–H groups in total. The third kappa shape index (κ3) is 2.52. The number of imidazole rings is 1. The molecule has 0 spiro atoms. The van der Waals surface area contributed by atoms with E-state index in [1.165, 1.54) is 22.2 Å². The zero-order valence-corrected chi connectivity index (χ0v) is 14.6. The molecule has 8 heteroatoms. The number of thiazole rings is 1. The molecule has 1 saturated heterocycles. The van der Waals surface area contributed by atoms with Gasteiger partial charge in [0, 0.05) is 37.0 Å². The fourth-order valence-corrected chi connectivity index (χ4v) is 4.48. The molecule has 6 nitrogen and oxygen atoms in total. The van der Waals surface area contributed by atoms with E-state index in [0.717, 1.165) is 41.5 Å². The van der Waals surface area contributed by atoms with E-state index in [9.17, 15) is 4.39 Å². The lowest BCUT2D eigenvalue weighted by Gasteiger charge is -2.20. The number of hydrogen-bond donors (Lipinski definition) is 1. The molecule has 1 aliphatic heterocycles. The van der Waals surface area contributed by atoms with Crippen molar-refractivity contribution in [2.45, 2.75) is 18.8 Å². The van der Waals surface area contributed by atoms with Crippen LogP contribution < -0.4 is 5.32 Å². The number of hydrogen-bond acceptors (Lipinski definition) is 5. The molecule has 25 heavy (non-hydrogen) atoms. The van der Waals surface area contributed by atoms with Gasteiger partial charge in [-0.1, -0.05) is 11.3 Å². The van der Waals surface area contributed by atoms with Crippen molar-refractivity contribution in [1.82, 2.24) is 29.7 Å². The summed E-state index contributed by atoms with van der Waals surface area (Å²) < 4.78 is 16.5. The summed E-state index contributed by atoms with van der Waals surface area (Å²) in [7, 11) is 1.74. The van der Waals surface area contributed by atoms with Crippen molar-refractivity contribution < 1.29 is 4.39 Å². The maximum absolute atomic E-state index is 14.5. The number of fused-ring (bicyclic) bond motifs is 2. The number of halogens is 1. The van der Waals surface area contributed by atoms with E-state index in [4.69, 9.17) is 4.98 Å². The van der Waals surface area contributed by atoms with Crippen molar-refractivity contribution in [3.8, 4) is 10.4 Å². The Morgan fingerprint density at radius 1 is 1.16 bits per heavy atom. The van der Waals surface area contributed by atoms with Crippen molar-refractivity contribution >= 4 is 27.3 Å². The zero-order valence-electron chi connectivity index (χ0n) is 13.7. The molecule has 1 aromatic carbocycles. The Labute approximate surface area is 147 Å². The number of rotatable bonds is 2. The van der Waals surface area contributed by atoms with Gasteiger partial charge in [0.2, 0.25) is 0 Å². The van der Waals surface area contributed by atoms with Crippen molar-refractivity contribution in [1.29, 1.82) is 0 Å². The lowest BCUT2D eigenvalue weighted by Crippen LogP contribution is -2.26. The van der Waals surface area contributed by atoms with Crippen LogP contribution in [0.25, 0.3) is 26.4 Å². The first-order valence-electron chi connectivity index (χ1n) is 8.37. The fourth-order valence-electron chi connectivity index (χ4n) is 3.49. The largest absolute Gasteiger partial charge is 0.317 e. The van der Waals surface area contributed by atoms with E-state index in [2.05, 4.69) is 21.7 Å². The lowest BCUT2D eigenvalue weighted by molar-refractivity contribution is 0.454. The summed E-state index contributed by atoms with van der Waals surface area (Å²) in [4.78, 5) is 7.99. The SMILES string of the molecule is Cn1nc2cc(F)c(-c3cn4cc(C5CCNCC5)nc4s3)cc2n1. The van der Waals surface area contributed by atoms with Crippen LogP contribution >= 0.6 is 11.3 Å². The highest BCUT2D eigenvalue weighted by molar-refractivity contribution is 7.20. The summed E-state index contributed by atoms with van der Waals surface area (Å²) >= 11 is 1.51. The summed E-state index contributed by atoms with van der Waals surface area (Å²) in [6.45, 7) is 2.09. The monoisotopic (exact) mass is 356 g/mol.